The van der Waals surface area contributed by atoms with Gasteiger partial charge in [0.25, 0.3) is 0 Å². The van der Waals surface area contributed by atoms with Crippen molar-refractivity contribution in [1.82, 2.24) is 0 Å². The molecule has 2 aliphatic rings. The summed E-state index contributed by atoms with van der Waals surface area (Å²) in [5, 5.41) is 0. The highest BCUT2D eigenvalue weighted by Crippen LogP contribution is 2.46. The van der Waals surface area contributed by atoms with Crippen molar-refractivity contribution >= 4 is 0 Å². The molecule has 2 saturated carbocycles. The number of hydrogen-bond acceptors (Lipinski definition) is 1. The fraction of sp³-hybridized carbons (Fsp3) is 1.00. The zero-order chi connectivity index (χ0) is 8.55. The van der Waals surface area contributed by atoms with Gasteiger partial charge >= 0.3 is 0 Å². The molecule has 0 heterocycles. The molecule has 0 radical (unpaired) electrons. The molecule has 0 bridgehead atoms. The second-order valence-electron chi connectivity index (χ2n) is 4.90. The van der Waals surface area contributed by atoms with Crippen molar-refractivity contribution in [2.24, 2.45) is 29.4 Å². The minimum Gasteiger partial charge on any atom is -0.330 e. The Morgan fingerprint density at radius 3 is 2.50 bits per heavy atom. The third kappa shape index (κ3) is 1.39. The Morgan fingerprint density at radius 1 is 1.17 bits per heavy atom. The van der Waals surface area contributed by atoms with Crippen LogP contribution in [0.25, 0.3) is 0 Å². The Labute approximate surface area is 75.7 Å². The molecule has 70 valence electrons. The van der Waals surface area contributed by atoms with E-state index in [1.54, 1.807) is 0 Å². The van der Waals surface area contributed by atoms with Crippen molar-refractivity contribution in [3.63, 3.8) is 0 Å². The van der Waals surface area contributed by atoms with Gasteiger partial charge in [0.1, 0.15) is 0 Å². The van der Waals surface area contributed by atoms with Gasteiger partial charge in [-0.25, -0.2) is 0 Å². The van der Waals surface area contributed by atoms with Gasteiger partial charge in [0.05, 0.1) is 0 Å². The van der Waals surface area contributed by atoms with Crippen molar-refractivity contribution in [2.75, 3.05) is 6.54 Å². The lowest BCUT2D eigenvalue weighted by Crippen LogP contribution is -2.32. The SMILES string of the molecule is CC1CC2CCCC2CC1CN. The van der Waals surface area contributed by atoms with E-state index in [1.807, 2.05) is 0 Å². The second kappa shape index (κ2) is 3.37. The van der Waals surface area contributed by atoms with Crippen LogP contribution in [0.2, 0.25) is 0 Å². The molecular formula is C11H21N. The summed E-state index contributed by atoms with van der Waals surface area (Å²) >= 11 is 0. The molecule has 0 spiro atoms. The summed E-state index contributed by atoms with van der Waals surface area (Å²) in [4.78, 5) is 0. The van der Waals surface area contributed by atoms with E-state index in [0.29, 0.717) is 0 Å². The molecule has 4 atom stereocenters. The highest BCUT2D eigenvalue weighted by Gasteiger charge is 2.36. The summed E-state index contributed by atoms with van der Waals surface area (Å²) in [6, 6.07) is 0. The van der Waals surface area contributed by atoms with Crippen LogP contribution in [0.5, 0.6) is 0 Å². The third-order valence-electron chi connectivity index (χ3n) is 4.20. The maximum atomic E-state index is 5.78. The lowest BCUT2D eigenvalue weighted by Gasteiger charge is -2.36. The van der Waals surface area contributed by atoms with E-state index >= 15 is 0 Å². The molecule has 1 nitrogen and oxygen atoms in total. The molecule has 2 fully saturated rings. The minimum atomic E-state index is 0.837. The van der Waals surface area contributed by atoms with Crippen molar-refractivity contribution in [3.05, 3.63) is 0 Å². The Balaban J connectivity index is 1.98. The van der Waals surface area contributed by atoms with E-state index in [1.165, 1.54) is 32.1 Å². The molecule has 0 aliphatic heterocycles. The van der Waals surface area contributed by atoms with Crippen LogP contribution in [0.4, 0.5) is 0 Å². The van der Waals surface area contributed by atoms with Crippen LogP contribution in [0, 0.1) is 23.7 Å². The van der Waals surface area contributed by atoms with E-state index in [-0.39, 0.29) is 0 Å². The summed E-state index contributed by atoms with van der Waals surface area (Å²) < 4.78 is 0. The molecule has 0 saturated heterocycles. The maximum absolute atomic E-state index is 5.78. The van der Waals surface area contributed by atoms with Gasteiger partial charge in [0, 0.05) is 0 Å². The Kier molecular flexibility index (Phi) is 2.40. The first-order valence-corrected chi connectivity index (χ1v) is 5.51. The topological polar surface area (TPSA) is 26.0 Å². The van der Waals surface area contributed by atoms with Crippen LogP contribution >= 0.6 is 0 Å². The first kappa shape index (κ1) is 8.55. The van der Waals surface area contributed by atoms with Crippen molar-refractivity contribution in [2.45, 2.75) is 39.0 Å². The number of hydrogen-bond donors (Lipinski definition) is 1. The lowest BCUT2D eigenvalue weighted by atomic mass is 9.70. The van der Waals surface area contributed by atoms with E-state index in [2.05, 4.69) is 6.92 Å². The lowest BCUT2D eigenvalue weighted by molar-refractivity contribution is 0.149. The van der Waals surface area contributed by atoms with Gasteiger partial charge in [-0.05, 0) is 43.1 Å². The van der Waals surface area contributed by atoms with E-state index < -0.39 is 0 Å². The first-order chi connectivity index (χ1) is 5.81. The summed E-state index contributed by atoms with van der Waals surface area (Å²) in [6.07, 6.45) is 7.38. The summed E-state index contributed by atoms with van der Waals surface area (Å²) in [5.41, 5.74) is 5.78. The molecule has 2 rings (SSSR count). The first-order valence-electron chi connectivity index (χ1n) is 5.51. The highest BCUT2D eigenvalue weighted by molar-refractivity contribution is 4.87. The standard InChI is InChI=1S/C11H21N/c1-8-5-9-3-2-4-10(9)6-11(8)7-12/h8-11H,2-7,12H2,1H3. The zero-order valence-electron chi connectivity index (χ0n) is 8.13. The quantitative estimate of drug-likeness (QED) is 0.637. The molecule has 0 aromatic rings. The monoisotopic (exact) mass is 167 g/mol. The normalized spacial score (nSPS) is 47.5. The van der Waals surface area contributed by atoms with Gasteiger partial charge in [-0.2, -0.15) is 0 Å². The fourth-order valence-electron chi connectivity index (χ4n) is 3.35. The molecule has 2 aliphatic carbocycles. The van der Waals surface area contributed by atoms with E-state index in [4.69, 9.17) is 5.73 Å². The Bertz CT molecular complexity index is 155. The average molecular weight is 167 g/mol. The average Bonchev–Trinajstić information content (AvgIpc) is 2.49. The van der Waals surface area contributed by atoms with Gasteiger partial charge in [0.2, 0.25) is 0 Å². The largest absolute Gasteiger partial charge is 0.330 e. The van der Waals surface area contributed by atoms with Crippen LogP contribution in [0.15, 0.2) is 0 Å². The van der Waals surface area contributed by atoms with Crippen molar-refractivity contribution in [3.8, 4) is 0 Å². The maximum Gasteiger partial charge on any atom is -0.00462 e. The molecule has 2 N–H and O–H groups in total. The molecule has 0 aromatic heterocycles. The third-order valence-corrected chi connectivity index (χ3v) is 4.20. The van der Waals surface area contributed by atoms with Crippen molar-refractivity contribution in [1.29, 1.82) is 0 Å². The van der Waals surface area contributed by atoms with Crippen molar-refractivity contribution < 1.29 is 0 Å². The second-order valence-corrected chi connectivity index (χ2v) is 4.90. The van der Waals surface area contributed by atoms with Crippen LogP contribution in [-0.2, 0) is 0 Å². The molecule has 0 amide bonds. The Morgan fingerprint density at radius 2 is 1.83 bits per heavy atom. The Hall–Kier alpha value is -0.0400. The number of nitrogens with two attached hydrogens (primary N) is 1. The number of rotatable bonds is 1. The van der Waals surface area contributed by atoms with E-state index in [9.17, 15) is 0 Å². The number of fused-ring (bicyclic) bond motifs is 1. The van der Waals surface area contributed by atoms with Gasteiger partial charge < -0.3 is 5.73 Å². The molecular weight excluding hydrogens is 146 g/mol. The van der Waals surface area contributed by atoms with Gasteiger partial charge in [-0.15, -0.1) is 0 Å². The fourth-order valence-corrected chi connectivity index (χ4v) is 3.35. The summed E-state index contributed by atoms with van der Waals surface area (Å²) in [5.74, 6) is 3.86. The minimum absolute atomic E-state index is 0.837. The molecule has 12 heavy (non-hydrogen) atoms. The molecule has 0 aromatic carbocycles. The molecule has 4 unspecified atom stereocenters. The van der Waals surface area contributed by atoms with E-state index in [0.717, 1.165) is 30.2 Å². The smallest absolute Gasteiger partial charge is 0.00462 e. The molecule has 1 heteroatoms. The summed E-state index contributed by atoms with van der Waals surface area (Å²) in [6.45, 7) is 3.32. The highest BCUT2D eigenvalue weighted by atomic mass is 14.6. The van der Waals surface area contributed by atoms with Gasteiger partial charge in [-0.3, -0.25) is 0 Å². The van der Waals surface area contributed by atoms with Gasteiger partial charge in [0.15, 0.2) is 0 Å². The van der Waals surface area contributed by atoms with Crippen LogP contribution in [-0.4, -0.2) is 6.54 Å². The van der Waals surface area contributed by atoms with Crippen LogP contribution < -0.4 is 5.73 Å². The zero-order valence-corrected chi connectivity index (χ0v) is 8.13. The summed E-state index contributed by atoms with van der Waals surface area (Å²) in [7, 11) is 0. The van der Waals surface area contributed by atoms with Gasteiger partial charge in [-0.1, -0.05) is 26.2 Å². The predicted molar refractivity (Wildman–Crippen MR) is 51.8 cm³/mol. The predicted octanol–water partition coefficient (Wildman–Crippen LogP) is 2.41. The van der Waals surface area contributed by atoms with Crippen LogP contribution in [0.1, 0.15) is 39.0 Å². The van der Waals surface area contributed by atoms with Crippen LogP contribution in [0.3, 0.4) is 0 Å².